The first kappa shape index (κ1) is 23.6. The molecule has 2 fully saturated rings. The van der Waals surface area contributed by atoms with Gasteiger partial charge in [0.25, 0.3) is 17.6 Å². The van der Waals surface area contributed by atoms with Crippen molar-refractivity contribution < 1.29 is 24.3 Å². The number of aromatic nitrogens is 2. The summed E-state index contributed by atoms with van der Waals surface area (Å²) in [6, 6.07) is 17.1. The van der Waals surface area contributed by atoms with E-state index in [4.69, 9.17) is 5.11 Å². The number of ketones is 1. The van der Waals surface area contributed by atoms with Crippen LogP contribution >= 0.6 is 0 Å². The molecule has 1 saturated heterocycles. The average Bonchev–Trinajstić information content (AvgIpc) is 3.57. The molecule has 2 aromatic carbocycles. The number of nitrogens with zero attached hydrogens (tertiary/aromatic N) is 3. The van der Waals surface area contributed by atoms with Gasteiger partial charge in [-0.3, -0.25) is 19.4 Å². The Labute approximate surface area is 217 Å². The van der Waals surface area contributed by atoms with E-state index in [1.54, 1.807) is 46.3 Å². The van der Waals surface area contributed by atoms with Gasteiger partial charge < -0.3 is 19.9 Å². The van der Waals surface area contributed by atoms with Gasteiger partial charge in [-0.2, -0.15) is 0 Å². The number of aromatic carboxylic acids is 1. The van der Waals surface area contributed by atoms with E-state index >= 15 is 0 Å². The standard InChI is InChI=1S/C29H24N4O5/c34-25(22-16-31-24-21(22)10-13-30-23(24)18-6-8-20(9-7-18)28(37)38)27(36)33-15-14-32(17-29(33)11-12-29)26(35)19-4-2-1-3-5-19/h1-10,13,16,31H,11-12,14-15,17H2,(H,37,38). The lowest BCUT2D eigenvalue weighted by Crippen LogP contribution is -2.59. The van der Waals surface area contributed by atoms with Crippen molar-refractivity contribution in [2.75, 3.05) is 19.6 Å². The third-order valence-corrected chi connectivity index (χ3v) is 7.48. The van der Waals surface area contributed by atoms with Gasteiger partial charge in [0, 0.05) is 48.5 Å². The summed E-state index contributed by atoms with van der Waals surface area (Å²) in [5, 5.41) is 9.73. The maximum absolute atomic E-state index is 13.5. The van der Waals surface area contributed by atoms with Gasteiger partial charge >= 0.3 is 5.97 Å². The van der Waals surface area contributed by atoms with Crippen molar-refractivity contribution in [3.63, 3.8) is 0 Å². The Hall–Kier alpha value is -4.79. The highest BCUT2D eigenvalue weighted by Gasteiger charge is 2.55. The van der Waals surface area contributed by atoms with E-state index in [-0.39, 0.29) is 17.0 Å². The van der Waals surface area contributed by atoms with E-state index < -0.39 is 23.2 Å². The monoisotopic (exact) mass is 508 g/mol. The fourth-order valence-corrected chi connectivity index (χ4v) is 5.27. The molecule has 0 unspecified atom stereocenters. The summed E-state index contributed by atoms with van der Waals surface area (Å²) in [4.78, 5) is 62.0. The summed E-state index contributed by atoms with van der Waals surface area (Å²) < 4.78 is 0. The zero-order valence-corrected chi connectivity index (χ0v) is 20.4. The van der Waals surface area contributed by atoms with Crippen LogP contribution in [0.5, 0.6) is 0 Å². The first-order valence-corrected chi connectivity index (χ1v) is 12.4. The summed E-state index contributed by atoms with van der Waals surface area (Å²) in [6.45, 7) is 1.07. The second-order valence-corrected chi connectivity index (χ2v) is 9.77. The number of amides is 2. The normalized spacial score (nSPS) is 16.0. The van der Waals surface area contributed by atoms with Crippen LogP contribution in [0, 0.1) is 0 Å². The number of aromatic amines is 1. The number of hydrogen-bond acceptors (Lipinski definition) is 5. The molecule has 6 rings (SSSR count). The molecule has 1 saturated carbocycles. The zero-order valence-electron chi connectivity index (χ0n) is 20.4. The molecular formula is C29H24N4O5. The summed E-state index contributed by atoms with van der Waals surface area (Å²) in [6.07, 6.45) is 4.59. The first-order chi connectivity index (χ1) is 18.4. The molecule has 4 aromatic rings. The highest BCUT2D eigenvalue weighted by Crippen LogP contribution is 2.45. The van der Waals surface area contributed by atoms with Crippen molar-refractivity contribution >= 4 is 34.5 Å². The van der Waals surface area contributed by atoms with E-state index in [0.29, 0.717) is 47.4 Å². The molecule has 0 atom stereocenters. The Kier molecular flexibility index (Phi) is 5.56. The molecule has 2 N–H and O–H groups in total. The van der Waals surface area contributed by atoms with Crippen molar-refractivity contribution in [1.29, 1.82) is 0 Å². The van der Waals surface area contributed by atoms with Gasteiger partial charge in [0.1, 0.15) is 0 Å². The zero-order chi connectivity index (χ0) is 26.4. The van der Waals surface area contributed by atoms with Crippen LogP contribution in [-0.2, 0) is 4.79 Å². The molecule has 1 aliphatic heterocycles. The van der Waals surface area contributed by atoms with Crippen LogP contribution < -0.4 is 0 Å². The van der Waals surface area contributed by atoms with Gasteiger partial charge in [-0.1, -0.05) is 30.3 Å². The molecule has 0 radical (unpaired) electrons. The molecule has 1 aliphatic carbocycles. The molecule has 2 amide bonds. The third-order valence-electron chi connectivity index (χ3n) is 7.48. The molecule has 9 nitrogen and oxygen atoms in total. The van der Waals surface area contributed by atoms with Crippen LogP contribution in [0.4, 0.5) is 0 Å². The summed E-state index contributed by atoms with van der Waals surface area (Å²) in [7, 11) is 0. The van der Waals surface area contributed by atoms with Crippen molar-refractivity contribution in [3.8, 4) is 11.3 Å². The fraction of sp³-hybridized carbons (Fsp3) is 0.207. The minimum Gasteiger partial charge on any atom is -0.478 e. The number of piperazine rings is 1. The molecule has 0 bridgehead atoms. The van der Waals surface area contributed by atoms with Crippen molar-refractivity contribution in [3.05, 3.63) is 89.7 Å². The molecule has 2 aromatic heterocycles. The van der Waals surface area contributed by atoms with Crippen LogP contribution in [-0.4, -0.2) is 73.6 Å². The molecular weight excluding hydrogens is 484 g/mol. The van der Waals surface area contributed by atoms with E-state index in [9.17, 15) is 19.2 Å². The minimum atomic E-state index is -1.02. The second-order valence-electron chi connectivity index (χ2n) is 9.77. The molecule has 2 aliphatic rings. The molecule has 3 heterocycles. The lowest BCUT2D eigenvalue weighted by Gasteiger charge is -2.41. The highest BCUT2D eigenvalue weighted by atomic mass is 16.4. The number of benzene rings is 2. The summed E-state index contributed by atoms with van der Waals surface area (Å²) >= 11 is 0. The van der Waals surface area contributed by atoms with Crippen molar-refractivity contribution in [1.82, 2.24) is 19.8 Å². The Morgan fingerprint density at radius 3 is 2.32 bits per heavy atom. The first-order valence-electron chi connectivity index (χ1n) is 12.4. The molecule has 38 heavy (non-hydrogen) atoms. The maximum Gasteiger partial charge on any atom is 0.335 e. The van der Waals surface area contributed by atoms with Gasteiger partial charge in [0.2, 0.25) is 0 Å². The van der Waals surface area contributed by atoms with Gasteiger partial charge in [-0.25, -0.2) is 4.79 Å². The predicted molar refractivity (Wildman–Crippen MR) is 139 cm³/mol. The number of Topliss-reactive ketones (excluding diaryl/α,β-unsaturated/α-hetero) is 1. The van der Waals surface area contributed by atoms with Crippen LogP contribution in [0.25, 0.3) is 22.2 Å². The van der Waals surface area contributed by atoms with E-state index in [1.165, 1.54) is 18.3 Å². The Morgan fingerprint density at radius 2 is 1.63 bits per heavy atom. The number of carboxylic acids is 1. The van der Waals surface area contributed by atoms with Crippen LogP contribution in [0.2, 0.25) is 0 Å². The maximum atomic E-state index is 13.5. The summed E-state index contributed by atoms with van der Waals surface area (Å²) in [5.41, 5.74) is 2.36. The van der Waals surface area contributed by atoms with Crippen LogP contribution in [0.3, 0.4) is 0 Å². The SMILES string of the molecule is O=C(O)c1ccc(-c2nccc3c(C(=O)C(=O)N4CCN(C(=O)c5ccccc5)CC45CC5)c[nH]c23)cc1. The minimum absolute atomic E-state index is 0.0663. The van der Waals surface area contributed by atoms with Crippen LogP contribution in [0.15, 0.2) is 73.1 Å². The number of nitrogens with one attached hydrogen (secondary N) is 1. The topological polar surface area (TPSA) is 124 Å². The molecule has 190 valence electrons. The van der Waals surface area contributed by atoms with Gasteiger partial charge in [-0.05, 0) is 43.2 Å². The quantitative estimate of drug-likeness (QED) is 0.313. The van der Waals surface area contributed by atoms with Crippen LogP contribution in [0.1, 0.15) is 43.9 Å². The largest absolute Gasteiger partial charge is 0.478 e. The number of pyridine rings is 1. The van der Waals surface area contributed by atoms with Crippen molar-refractivity contribution in [2.45, 2.75) is 18.4 Å². The Bertz CT molecular complexity index is 1590. The number of fused-ring (bicyclic) bond motifs is 1. The lowest BCUT2D eigenvalue weighted by molar-refractivity contribution is -0.131. The lowest BCUT2D eigenvalue weighted by atomic mass is 10.0. The van der Waals surface area contributed by atoms with Gasteiger partial charge in [0.05, 0.1) is 27.9 Å². The Morgan fingerprint density at radius 1 is 0.895 bits per heavy atom. The van der Waals surface area contributed by atoms with E-state index in [1.807, 2.05) is 18.2 Å². The smallest absolute Gasteiger partial charge is 0.335 e. The average molecular weight is 509 g/mol. The number of carboxylic acid groups (broad SMARTS) is 1. The van der Waals surface area contributed by atoms with Gasteiger partial charge in [0.15, 0.2) is 0 Å². The fourth-order valence-electron chi connectivity index (χ4n) is 5.27. The molecule has 1 spiro atoms. The van der Waals surface area contributed by atoms with E-state index in [0.717, 1.165) is 12.8 Å². The predicted octanol–water partition coefficient (Wildman–Crippen LogP) is 3.63. The molecule has 9 heteroatoms. The number of hydrogen-bond donors (Lipinski definition) is 2. The second kappa shape index (κ2) is 8.95. The van der Waals surface area contributed by atoms with Gasteiger partial charge in [-0.15, -0.1) is 0 Å². The van der Waals surface area contributed by atoms with Crippen molar-refractivity contribution in [2.24, 2.45) is 0 Å². The highest BCUT2D eigenvalue weighted by molar-refractivity contribution is 6.45. The number of rotatable bonds is 5. The summed E-state index contributed by atoms with van der Waals surface area (Å²) in [5.74, 6) is -2.26. The number of carbonyl (C=O) groups excluding carboxylic acids is 3. The Balaban J connectivity index is 1.24. The third kappa shape index (κ3) is 3.92. The van der Waals surface area contributed by atoms with E-state index in [2.05, 4.69) is 9.97 Å². The number of carbonyl (C=O) groups is 4. The number of H-pyrrole nitrogens is 1.